The third-order valence-corrected chi connectivity index (χ3v) is 4.90. The molecule has 0 aliphatic rings. The maximum atomic E-state index is 12.6. The van der Waals surface area contributed by atoms with E-state index in [1.165, 1.54) is 12.1 Å². The highest BCUT2D eigenvalue weighted by molar-refractivity contribution is 9.10. The topological polar surface area (TPSA) is 84.0 Å². The third kappa shape index (κ3) is 3.01. The molecule has 0 saturated carbocycles. The monoisotopic (exact) mass is 368 g/mol. The third-order valence-electron chi connectivity index (χ3n) is 2.71. The molecule has 0 fully saturated rings. The molecule has 0 spiro atoms. The molecule has 7 heteroatoms. The summed E-state index contributed by atoms with van der Waals surface area (Å²) in [7, 11) is -3.91. The zero-order valence-electron chi connectivity index (χ0n) is 11.7. The van der Waals surface area contributed by atoms with Crippen LogP contribution < -0.4 is 0 Å². The van der Waals surface area contributed by atoms with Crippen molar-refractivity contribution in [2.75, 3.05) is 0 Å². The van der Waals surface area contributed by atoms with Crippen molar-refractivity contribution in [3.63, 3.8) is 0 Å². The smallest absolute Gasteiger partial charge is 0.261 e. The Morgan fingerprint density at radius 1 is 1.24 bits per heavy atom. The van der Waals surface area contributed by atoms with Crippen LogP contribution in [0.3, 0.4) is 0 Å². The summed E-state index contributed by atoms with van der Waals surface area (Å²) >= 11 is 3.24. The van der Waals surface area contributed by atoms with Gasteiger partial charge in [0.25, 0.3) is 5.09 Å². The molecule has 1 aromatic carbocycles. The van der Waals surface area contributed by atoms with Crippen molar-refractivity contribution in [3.8, 4) is 6.07 Å². The maximum Gasteiger partial charge on any atom is 0.261 e. The van der Waals surface area contributed by atoms with Crippen LogP contribution >= 0.6 is 15.9 Å². The zero-order chi connectivity index (χ0) is 15.8. The van der Waals surface area contributed by atoms with E-state index in [1.54, 1.807) is 18.2 Å². The number of nitrogens with zero attached hydrogens (tertiary/aromatic N) is 2. The first-order valence-corrected chi connectivity index (χ1v) is 8.36. The van der Waals surface area contributed by atoms with Gasteiger partial charge in [-0.05, 0) is 24.3 Å². The molecule has 0 N–H and O–H groups in total. The number of rotatable bonds is 2. The van der Waals surface area contributed by atoms with Crippen molar-refractivity contribution in [2.45, 2.75) is 36.2 Å². The molecule has 0 aliphatic carbocycles. The number of halogens is 1. The minimum Gasteiger partial charge on any atom is -0.427 e. The molecule has 0 bridgehead atoms. The van der Waals surface area contributed by atoms with Crippen LogP contribution in [0.5, 0.6) is 0 Å². The van der Waals surface area contributed by atoms with E-state index in [2.05, 4.69) is 20.9 Å². The van der Waals surface area contributed by atoms with Crippen LogP contribution in [-0.4, -0.2) is 13.4 Å². The maximum absolute atomic E-state index is 12.6. The van der Waals surface area contributed by atoms with E-state index in [1.807, 2.05) is 20.8 Å². The lowest BCUT2D eigenvalue weighted by molar-refractivity contribution is 0.343. The van der Waals surface area contributed by atoms with Crippen molar-refractivity contribution < 1.29 is 12.8 Å². The molecule has 1 aromatic heterocycles. The highest BCUT2D eigenvalue weighted by Crippen LogP contribution is 2.30. The Balaban J connectivity index is 2.63. The van der Waals surface area contributed by atoms with Gasteiger partial charge in [-0.3, -0.25) is 0 Å². The van der Waals surface area contributed by atoms with Gasteiger partial charge in [-0.2, -0.15) is 5.26 Å². The summed E-state index contributed by atoms with van der Waals surface area (Å²) in [4.78, 5) is 4.05. The van der Waals surface area contributed by atoms with Crippen LogP contribution in [0.2, 0.25) is 0 Å². The van der Waals surface area contributed by atoms with Gasteiger partial charge in [-0.1, -0.05) is 36.7 Å². The first-order chi connectivity index (χ1) is 9.66. The number of sulfone groups is 1. The van der Waals surface area contributed by atoms with Crippen LogP contribution in [0.1, 0.15) is 32.4 Å². The van der Waals surface area contributed by atoms with Crippen molar-refractivity contribution in [1.82, 2.24) is 4.98 Å². The van der Waals surface area contributed by atoms with E-state index < -0.39 is 20.3 Å². The van der Waals surface area contributed by atoms with Crippen molar-refractivity contribution in [2.24, 2.45) is 0 Å². The number of oxazole rings is 1. The molecule has 2 rings (SSSR count). The van der Waals surface area contributed by atoms with Gasteiger partial charge >= 0.3 is 0 Å². The Bertz CT molecular complexity index is 809. The molecule has 0 amide bonds. The molecule has 21 heavy (non-hydrogen) atoms. The van der Waals surface area contributed by atoms with Gasteiger partial charge in [-0.25, -0.2) is 13.4 Å². The minimum absolute atomic E-state index is 0.0545. The summed E-state index contributed by atoms with van der Waals surface area (Å²) in [6.07, 6.45) is 0. The van der Waals surface area contributed by atoms with E-state index in [0.717, 1.165) is 4.47 Å². The van der Waals surface area contributed by atoms with Crippen LogP contribution in [-0.2, 0) is 15.3 Å². The number of nitriles is 1. The molecule has 0 aliphatic heterocycles. The van der Waals surface area contributed by atoms with Gasteiger partial charge in [0.1, 0.15) is 6.07 Å². The van der Waals surface area contributed by atoms with Gasteiger partial charge in [0, 0.05) is 9.89 Å². The molecule has 0 unspecified atom stereocenters. The molecule has 5 nitrogen and oxygen atoms in total. The van der Waals surface area contributed by atoms with E-state index >= 15 is 0 Å². The Morgan fingerprint density at radius 2 is 1.81 bits per heavy atom. The average molecular weight is 369 g/mol. The molecule has 0 radical (unpaired) electrons. The Hall–Kier alpha value is -1.65. The molecule has 2 aromatic rings. The van der Waals surface area contributed by atoms with Gasteiger partial charge < -0.3 is 4.42 Å². The average Bonchev–Trinajstić information content (AvgIpc) is 2.84. The molecular formula is C14H13BrN2O3S. The largest absolute Gasteiger partial charge is 0.427 e. The fourth-order valence-electron chi connectivity index (χ4n) is 1.60. The predicted molar refractivity (Wildman–Crippen MR) is 79.5 cm³/mol. The minimum atomic E-state index is -3.91. The number of aromatic nitrogens is 1. The lowest BCUT2D eigenvalue weighted by Gasteiger charge is -2.11. The highest BCUT2D eigenvalue weighted by atomic mass is 79.9. The quantitative estimate of drug-likeness (QED) is 0.810. The lowest BCUT2D eigenvalue weighted by Crippen LogP contribution is -2.11. The van der Waals surface area contributed by atoms with Crippen LogP contribution in [0.4, 0.5) is 0 Å². The number of benzene rings is 1. The SMILES string of the molecule is CC(C)(C)c1nc(C#N)c(S(=O)(=O)c2ccc(Br)cc2)o1. The molecular weight excluding hydrogens is 356 g/mol. The summed E-state index contributed by atoms with van der Waals surface area (Å²) in [5.41, 5.74) is -0.707. The van der Waals surface area contributed by atoms with E-state index in [0.29, 0.717) is 0 Å². The van der Waals surface area contributed by atoms with E-state index in [4.69, 9.17) is 9.68 Å². The standard InChI is InChI=1S/C14H13BrN2O3S/c1-14(2,3)13-17-11(8-16)12(20-13)21(18,19)10-6-4-9(15)5-7-10/h4-7H,1-3H3. The van der Waals surface area contributed by atoms with E-state index in [9.17, 15) is 8.42 Å². The number of hydrogen-bond donors (Lipinski definition) is 0. The summed E-state index contributed by atoms with van der Waals surface area (Å²) < 4.78 is 31.3. The van der Waals surface area contributed by atoms with E-state index in [-0.39, 0.29) is 16.5 Å². The Morgan fingerprint density at radius 3 is 2.29 bits per heavy atom. The van der Waals surface area contributed by atoms with Gasteiger partial charge in [0.15, 0.2) is 5.69 Å². The van der Waals surface area contributed by atoms with Crippen molar-refractivity contribution >= 4 is 25.8 Å². The van der Waals surface area contributed by atoms with Gasteiger partial charge in [0.05, 0.1) is 4.90 Å². The Kier molecular flexibility index (Phi) is 3.95. The highest BCUT2D eigenvalue weighted by Gasteiger charge is 2.31. The fourth-order valence-corrected chi connectivity index (χ4v) is 3.11. The van der Waals surface area contributed by atoms with Gasteiger partial charge in [-0.15, -0.1) is 0 Å². The summed E-state index contributed by atoms with van der Waals surface area (Å²) in [6.45, 7) is 5.49. The molecule has 110 valence electrons. The molecule has 1 heterocycles. The first-order valence-electron chi connectivity index (χ1n) is 6.08. The second-order valence-electron chi connectivity index (χ2n) is 5.47. The van der Waals surface area contributed by atoms with Crippen molar-refractivity contribution in [3.05, 3.63) is 40.3 Å². The van der Waals surface area contributed by atoms with Crippen LogP contribution in [0, 0.1) is 11.3 Å². The Labute approximate surface area is 131 Å². The summed E-state index contributed by atoms with van der Waals surface area (Å²) in [5.74, 6) is 0.217. The second-order valence-corrected chi connectivity index (χ2v) is 8.24. The normalized spacial score (nSPS) is 12.1. The fraction of sp³-hybridized carbons (Fsp3) is 0.286. The van der Waals surface area contributed by atoms with Gasteiger partial charge in [0.2, 0.25) is 15.7 Å². The first kappa shape index (κ1) is 15.7. The predicted octanol–water partition coefficient (Wildman–Crippen LogP) is 3.44. The summed E-state index contributed by atoms with van der Waals surface area (Å²) in [6, 6.07) is 7.89. The lowest BCUT2D eigenvalue weighted by atomic mass is 9.97. The molecule has 0 atom stereocenters. The van der Waals surface area contributed by atoms with Crippen LogP contribution in [0.25, 0.3) is 0 Å². The van der Waals surface area contributed by atoms with Crippen LogP contribution in [0.15, 0.2) is 43.1 Å². The zero-order valence-corrected chi connectivity index (χ0v) is 14.1. The second kappa shape index (κ2) is 5.28. The number of hydrogen-bond acceptors (Lipinski definition) is 5. The molecule has 0 saturated heterocycles. The summed E-state index contributed by atoms with van der Waals surface area (Å²) in [5, 5.41) is 8.70. The van der Waals surface area contributed by atoms with Crippen molar-refractivity contribution in [1.29, 1.82) is 5.26 Å².